The fraction of sp³-hybridized carbons (Fsp3) is 0.333. The number of aromatic nitrogens is 2. The largest absolute Gasteiger partial charge is 0.406 e. The SMILES string of the molecule is CN(CC(F)(F)F)C(=O)Cn1ccnc1C(O)c1ccccc1. The number of carbonyl (C=O) groups excluding carboxylic acids is 1. The van der Waals surface area contributed by atoms with Crippen LogP contribution in [-0.2, 0) is 11.3 Å². The van der Waals surface area contributed by atoms with Gasteiger partial charge in [-0.1, -0.05) is 30.3 Å². The van der Waals surface area contributed by atoms with Crippen LogP contribution in [0.4, 0.5) is 13.2 Å². The van der Waals surface area contributed by atoms with Crippen molar-refractivity contribution in [3.63, 3.8) is 0 Å². The monoisotopic (exact) mass is 327 g/mol. The minimum absolute atomic E-state index is 0.199. The van der Waals surface area contributed by atoms with Crippen molar-refractivity contribution >= 4 is 5.91 Å². The highest BCUT2D eigenvalue weighted by molar-refractivity contribution is 5.75. The lowest BCUT2D eigenvalue weighted by Gasteiger charge is -2.20. The molecule has 2 aromatic rings. The lowest BCUT2D eigenvalue weighted by molar-refractivity contribution is -0.158. The number of amides is 1. The molecule has 5 nitrogen and oxygen atoms in total. The van der Waals surface area contributed by atoms with Crippen molar-refractivity contribution in [1.29, 1.82) is 0 Å². The third-order valence-corrected chi connectivity index (χ3v) is 3.26. The van der Waals surface area contributed by atoms with Crippen molar-refractivity contribution in [2.45, 2.75) is 18.8 Å². The van der Waals surface area contributed by atoms with Gasteiger partial charge in [-0.2, -0.15) is 13.2 Å². The summed E-state index contributed by atoms with van der Waals surface area (Å²) in [6.07, 6.45) is -2.68. The number of rotatable bonds is 5. The van der Waals surface area contributed by atoms with Crippen LogP contribution >= 0.6 is 0 Å². The van der Waals surface area contributed by atoms with E-state index in [0.717, 1.165) is 7.05 Å². The van der Waals surface area contributed by atoms with Gasteiger partial charge in [-0.15, -0.1) is 0 Å². The molecule has 1 N–H and O–H groups in total. The average molecular weight is 327 g/mol. The predicted molar refractivity (Wildman–Crippen MR) is 76.4 cm³/mol. The van der Waals surface area contributed by atoms with Gasteiger partial charge in [0.2, 0.25) is 5.91 Å². The van der Waals surface area contributed by atoms with E-state index in [1.54, 1.807) is 30.3 Å². The Kier molecular flexibility index (Phi) is 5.05. The molecule has 1 unspecified atom stereocenters. The fourth-order valence-electron chi connectivity index (χ4n) is 2.11. The lowest BCUT2D eigenvalue weighted by atomic mass is 10.1. The van der Waals surface area contributed by atoms with E-state index < -0.39 is 24.7 Å². The third-order valence-electron chi connectivity index (χ3n) is 3.26. The maximum atomic E-state index is 12.3. The molecule has 0 spiro atoms. The van der Waals surface area contributed by atoms with Gasteiger partial charge in [0.05, 0.1) is 0 Å². The first-order valence-corrected chi connectivity index (χ1v) is 6.82. The standard InChI is InChI=1S/C15H16F3N3O2/c1-20(10-15(16,17)18)12(22)9-21-8-7-19-14(21)13(23)11-5-3-2-4-6-11/h2-8,13,23H,9-10H2,1H3. The van der Waals surface area contributed by atoms with E-state index in [0.29, 0.717) is 10.5 Å². The summed E-state index contributed by atoms with van der Waals surface area (Å²) in [6.45, 7) is -1.65. The third kappa shape index (κ3) is 4.56. The molecule has 0 saturated carbocycles. The van der Waals surface area contributed by atoms with E-state index in [4.69, 9.17) is 0 Å². The van der Waals surface area contributed by atoms with Gasteiger partial charge in [-0.05, 0) is 5.56 Å². The number of aliphatic hydroxyl groups excluding tert-OH is 1. The molecular weight excluding hydrogens is 311 g/mol. The zero-order valence-electron chi connectivity index (χ0n) is 12.4. The Morgan fingerprint density at radius 2 is 2.00 bits per heavy atom. The van der Waals surface area contributed by atoms with Gasteiger partial charge in [-0.3, -0.25) is 4.79 Å². The Morgan fingerprint density at radius 1 is 1.35 bits per heavy atom. The molecule has 0 saturated heterocycles. The zero-order valence-corrected chi connectivity index (χ0v) is 12.4. The van der Waals surface area contributed by atoms with E-state index in [2.05, 4.69) is 4.98 Å². The van der Waals surface area contributed by atoms with Crippen LogP contribution in [0.3, 0.4) is 0 Å². The summed E-state index contributed by atoms with van der Waals surface area (Å²) in [5.74, 6) is -0.521. The fourth-order valence-corrected chi connectivity index (χ4v) is 2.11. The van der Waals surface area contributed by atoms with E-state index in [-0.39, 0.29) is 12.4 Å². The normalized spacial score (nSPS) is 12.9. The number of aliphatic hydroxyl groups is 1. The Balaban J connectivity index is 2.11. The summed E-state index contributed by atoms with van der Waals surface area (Å²) in [5.41, 5.74) is 0.580. The molecule has 0 aliphatic carbocycles. The minimum atomic E-state index is -4.45. The van der Waals surface area contributed by atoms with Crippen molar-refractivity contribution < 1.29 is 23.1 Å². The van der Waals surface area contributed by atoms with Crippen LogP contribution in [0.5, 0.6) is 0 Å². The molecule has 1 atom stereocenters. The number of nitrogens with zero attached hydrogens (tertiary/aromatic N) is 3. The van der Waals surface area contributed by atoms with Gasteiger partial charge in [0.1, 0.15) is 25.0 Å². The number of benzene rings is 1. The molecule has 0 aliphatic rings. The average Bonchev–Trinajstić information content (AvgIpc) is 2.93. The molecule has 8 heteroatoms. The van der Waals surface area contributed by atoms with Crippen LogP contribution < -0.4 is 0 Å². The highest BCUT2D eigenvalue weighted by Crippen LogP contribution is 2.20. The molecule has 1 heterocycles. The van der Waals surface area contributed by atoms with Gasteiger partial charge in [0.15, 0.2) is 0 Å². The van der Waals surface area contributed by atoms with Gasteiger partial charge >= 0.3 is 6.18 Å². The second-order valence-corrected chi connectivity index (χ2v) is 5.09. The van der Waals surface area contributed by atoms with E-state index in [1.165, 1.54) is 17.0 Å². The molecule has 0 aliphatic heterocycles. The van der Waals surface area contributed by atoms with Crippen LogP contribution in [0.1, 0.15) is 17.5 Å². The maximum Gasteiger partial charge on any atom is 0.406 e. The summed E-state index contributed by atoms with van der Waals surface area (Å²) in [6, 6.07) is 8.67. The van der Waals surface area contributed by atoms with E-state index in [9.17, 15) is 23.1 Å². The van der Waals surface area contributed by atoms with Crippen LogP contribution in [0.15, 0.2) is 42.7 Å². The molecule has 124 valence electrons. The van der Waals surface area contributed by atoms with E-state index in [1.807, 2.05) is 0 Å². The molecule has 1 aromatic carbocycles. The minimum Gasteiger partial charge on any atom is -0.380 e. The molecule has 0 fully saturated rings. The first kappa shape index (κ1) is 17.0. The predicted octanol–water partition coefficient (Wildman–Crippen LogP) is 1.99. The van der Waals surface area contributed by atoms with Crippen LogP contribution in [-0.4, -0.2) is 45.2 Å². The van der Waals surface area contributed by atoms with Crippen molar-refractivity contribution in [1.82, 2.24) is 14.5 Å². The quantitative estimate of drug-likeness (QED) is 0.914. The smallest absolute Gasteiger partial charge is 0.380 e. The van der Waals surface area contributed by atoms with Crippen molar-refractivity contribution in [3.05, 3.63) is 54.1 Å². The molecular formula is C15H16F3N3O2. The second-order valence-electron chi connectivity index (χ2n) is 5.09. The Labute approximate surface area is 131 Å². The van der Waals surface area contributed by atoms with Gasteiger partial charge in [-0.25, -0.2) is 4.98 Å². The number of hydrogen-bond donors (Lipinski definition) is 1. The number of imidazole rings is 1. The molecule has 0 radical (unpaired) electrons. The highest BCUT2D eigenvalue weighted by Gasteiger charge is 2.31. The highest BCUT2D eigenvalue weighted by atomic mass is 19.4. The first-order chi connectivity index (χ1) is 10.8. The summed E-state index contributed by atoms with van der Waals surface area (Å²) in [7, 11) is 1.08. The molecule has 1 amide bonds. The van der Waals surface area contributed by atoms with Gasteiger partial charge in [0, 0.05) is 19.4 Å². The van der Waals surface area contributed by atoms with Gasteiger partial charge < -0.3 is 14.6 Å². The van der Waals surface area contributed by atoms with Crippen molar-refractivity contribution in [2.75, 3.05) is 13.6 Å². The second kappa shape index (κ2) is 6.82. The number of carbonyl (C=O) groups is 1. The summed E-state index contributed by atoms with van der Waals surface area (Å²) in [4.78, 5) is 16.5. The summed E-state index contributed by atoms with van der Waals surface area (Å²) >= 11 is 0. The van der Waals surface area contributed by atoms with Crippen LogP contribution in [0.2, 0.25) is 0 Å². The maximum absolute atomic E-state index is 12.3. The van der Waals surface area contributed by atoms with Crippen LogP contribution in [0.25, 0.3) is 0 Å². The van der Waals surface area contributed by atoms with Crippen molar-refractivity contribution in [2.24, 2.45) is 0 Å². The Hall–Kier alpha value is -2.35. The lowest BCUT2D eigenvalue weighted by Crippen LogP contribution is -2.38. The first-order valence-electron chi connectivity index (χ1n) is 6.82. The Morgan fingerprint density at radius 3 is 2.61 bits per heavy atom. The topological polar surface area (TPSA) is 58.4 Å². The van der Waals surface area contributed by atoms with Gasteiger partial charge in [0.25, 0.3) is 0 Å². The molecule has 0 bridgehead atoms. The number of hydrogen-bond acceptors (Lipinski definition) is 3. The Bertz CT molecular complexity index is 655. The molecule has 23 heavy (non-hydrogen) atoms. The van der Waals surface area contributed by atoms with Crippen LogP contribution in [0, 0.1) is 0 Å². The molecule has 1 aromatic heterocycles. The number of likely N-dealkylation sites (N-methyl/N-ethyl adjacent to an activating group) is 1. The number of halogens is 3. The zero-order chi connectivity index (χ0) is 17.0. The summed E-state index contributed by atoms with van der Waals surface area (Å²) in [5, 5.41) is 10.3. The molecule has 2 rings (SSSR count). The van der Waals surface area contributed by atoms with E-state index >= 15 is 0 Å². The number of alkyl halides is 3. The van der Waals surface area contributed by atoms with Crippen molar-refractivity contribution in [3.8, 4) is 0 Å². The summed E-state index contributed by atoms with van der Waals surface area (Å²) < 4.78 is 38.3.